The van der Waals surface area contributed by atoms with Crippen molar-refractivity contribution >= 4 is 28.5 Å². The maximum absolute atomic E-state index is 12.1. The molecule has 0 aliphatic heterocycles. The van der Waals surface area contributed by atoms with E-state index in [0.717, 1.165) is 22.0 Å². The van der Waals surface area contributed by atoms with Crippen LogP contribution >= 0.6 is 0 Å². The van der Waals surface area contributed by atoms with E-state index in [-0.39, 0.29) is 18.3 Å². The van der Waals surface area contributed by atoms with E-state index in [4.69, 9.17) is 4.74 Å². The number of H-pyrrole nitrogens is 1. The Hall–Kier alpha value is -3.08. The number of aryl methyl sites for hydroxylation is 2. The van der Waals surface area contributed by atoms with Crippen molar-refractivity contribution in [2.75, 3.05) is 5.32 Å². The summed E-state index contributed by atoms with van der Waals surface area (Å²) in [5.41, 5.74) is 3.90. The fourth-order valence-corrected chi connectivity index (χ4v) is 2.77. The lowest BCUT2D eigenvalue weighted by Crippen LogP contribution is -2.30. The highest BCUT2D eigenvalue weighted by Gasteiger charge is 2.18. The average Bonchev–Trinajstić information content (AvgIpc) is 3.05. The van der Waals surface area contributed by atoms with Gasteiger partial charge in [0.2, 0.25) is 0 Å². The summed E-state index contributed by atoms with van der Waals surface area (Å²) in [6.45, 7) is 3.55. The van der Waals surface area contributed by atoms with Gasteiger partial charge in [0.1, 0.15) is 0 Å². The van der Waals surface area contributed by atoms with E-state index in [0.29, 0.717) is 12.1 Å². The molecule has 1 atom stereocenters. The van der Waals surface area contributed by atoms with Crippen molar-refractivity contribution in [2.24, 2.45) is 0 Å². The molecule has 1 amide bonds. The number of amides is 1. The number of para-hydroxylation sites is 1. The fraction of sp³-hybridized carbons (Fsp3) is 0.238. The van der Waals surface area contributed by atoms with Crippen LogP contribution in [0, 0.1) is 6.92 Å². The summed E-state index contributed by atoms with van der Waals surface area (Å²) in [5, 5.41) is 3.85. The van der Waals surface area contributed by atoms with Gasteiger partial charge in [-0.3, -0.25) is 9.59 Å². The number of nitrogens with one attached hydrogen (secondary N) is 2. The number of esters is 1. The molecule has 0 fully saturated rings. The Morgan fingerprint density at radius 3 is 2.62 bits per heavy atom. The Labute approximate surface area is 152 Å². The molecule has 0 radical (unpaired) electrons. The number of aromatic nitrogens is 1. The molecule has 2 aromatic carbocycles. The Morgan fingerprint density at radius 1 is 1.12 bits per heavy atom. The van der Waals surface area contributed by atoms with E-state index in [1.807, 2.05) is 61.7 Å². The van der Waals surface area contributed by atoms with Gasteiger partial charge < -0.3 is 15.0 Å². The van der Waals surface area contributed by atoms with Crippen LogP contribution in [0.1, 0.15) is 24.5 Å². The highest BCUT2D eigenvalue weighted by Crippen LogP contribution is 2.19. The highest BCUT2D eigenvalue weighted by molar-refractivity contribution is 5.95. The molecule has 134 valence electrons. The maximum atomic E-state index is 12.1. The zero-order valence-corrected chi connectivity index (χ0v) is 14.9. The van der Waals surface area contributed by atoms with E-state index >= 15 is 0 Å². The number of hydrogen-bond acceptors (Lipinski definition) is 3. The summed E-state index contributed by atoms with van der Waals surface area (Å²) in [6.07, 6.45) is 1.86. The summed E-state index contributed by atoms with van der Waals surface area (Å²) in [5.74, 6) is -0.726. The topological polar surface area (TPSA) is 71.2 Å². The SMILES string of the molecule is Cc1ccc(NC(=O)C(C)OC(=O)CCc2c[nH]c3ccccc23)cc1. The van der Waals surface area contributed by atoms with Crippen LogP contribution in [0.25, 0.3) is 10.9 Å². The van der Waals surface area contributed by atoms with Crippen molar-refractivity contribution in [1.29, 1.82) is 0 Å². The van der Waals surface area contributed by atoms with Crippen molar-refractivity contribution in [1.82, 2.24) is 4.98 Å². The van der Waals surface area contributed by atoms with Gasteiger partial charge in [-0.1, -0.05) is 35.9 Å². The zero-order chi connectivity index (χ0) is 18.5. The first kappa shape index (κ1) is 17.7. The molecule has 1 heterocycles. The number of carbonyl (C=O) groups excluding carboxylic acids is 2. The second-order valence-corrected chi connectivity index (χ2v) is 6.35. The first-order chi connectivity index (χ1) is 12.5. The van der Waals surface area contributed by atoms with Crippen molar-refractivity contribution < 1.29 is 14.3 Å². The van der Waals surface area contributed by atoms with Gasteiger partial charge in [0.25, 0.3) is 5.91 Å². The van der Waals surface area contributed by atoms with E-state index in [1.165, 1.54) is 0 Å². The molecule has 1 unspecified atom stereocenters. The largest absolute Gasteiger partial charge is 0.453 e. The summed E-state index contributed by atoms with van der Waals surface area (Å²) in [7, 11) is 0. The molecule has 0 aliphatic carbocycles. The number of rotatable bonds is 6. The second kappa shape index (κ2) is 7.87. The van der Waals surface area contributed by atoms with Gasteiger partial charge in [-0.25, -0.2) is 0 Å². The molecule has 0 saturated heterocycles. The third kappa shape index (κ3) is 4.30. The van der Waals surface area contributed by atoms with Crippen molar-refractivity contribution in [3.05, 3.63) is 65.9 Å². The molecule has 5 nitrogen and oxygen atoms in total. The second-order valence-electron chi connectivity index (χ2n) is 6.35. The fourth-order valence-electron chi connectivity index (χ4n) is 2.77. The van der Waals surface area contributed by atoms with Gasteiger partial charge in [0, 0.05) is 29.2 Å². The zero-order valence-electron chi connectivity index (χ0n) is 14.9. The average molecular weight is 350 g/mol. The maximum Gasteiger partial charge on any atom is 0.306 e. The lowest BCUT2D eigenvalue weighted by molar-refractivity contribution is -0.153. The van der Waals surface area contributed by atoms with E-state index in [2.05, 4.69) is 10.3 Å². The standard InChI is InChI=1S/C21H22N2O3/c1-14-7-10-17(11-8-14)23-21(25)15(2)26-20(24)12-9-16-13-22-19-6-4-3-5-18(16)19/h3-8,10-11,13,15,22H,9,12H2,1-2H3,(H,23,25). The first-order valence-corrected chi connectivity index (χ1v) is 8.65. The molecule has 0 saturated carbocycles. The summed E-state index contributed by atoms with van der Waals surface area (Å²) in [6, 6.07) is 15.4. The van der Waals surface area contributed by atoms with Gasteiger partial charge in [-0.05, 0) is 44.0 Å². The highest BCUT2D eigenvalue weighted by atomic mass is 16.5. The Morgan fingerprint density at radius 2 is 1.85 bits per heavy atom. The third-order valence-electron chi connectivity index (χ3n) is 4.27. The summed E-state index contributed by atoms with van der Waals surface area (Å²) in [4.78, 5) is 27.4. The number of aromatic amines is 1. The first-order valence-electron chi connectivity index (χ1n) is 8.65. The van der Waals surface area contributed by atoms with E-state index in [1.54, 1.807) is 6.92 Å². The Bertz CT molecular complexity index is 912. The minimum atomic E-state index is -0.841. The minimum Gasteiger partial charge on any atom is -0.453 e. The number of ether oxygens (including phenoxy) is 1. The van der Waals surface area contributed by atoms with Crippen LogP contribution < -0.4 is 5.32 Å². The lowest BCUT2D eigenvalue weighted by Gasteiger charge is -2.13. The number of benzene rings is 2. The monoisotopic (exact) mass is 350 g/mol. The number of fused-ring (bicyclic) bond motifs is 1. The molecule has 26 heavy (non-hydrogen) atoms. The minimum absolute atomic E-state index is 0.226. The molecule has 0 bridgehead atoms. The predicted octanol–water partition coefficient (Wildman–Crippen LogP) is 3.98. The van der Waals surface area contributed by atoms with Crippen LogP contribution in [0.4, 0.5) is 5.69 Å². The van der Waals surface area contributed by atoms with E-state index < -0.39 is 6.10 Å². The molecule has 3 rings (SSSR count). The molecule has 5 heteroatoms. The predicted molar refractivity (Wildman–Crippen MR) is 102 cm³/mol. The molecule has 3 aromatic rings. The van der Waals surface area contributed by atoms with Crippen molar-refractivity contribution in [2.45, 2.75) is 32.8 Å². The van der Waals surface area contributed by atoms with Gasteiger partial charge in [-0.15, -0.1) is 0 Å². The van der Waals surface area contributed by atoms with Crippen LogP contribution in [0.15, 0.2) is 54.7 Å². The van der Waals surface area contributed by atoms with Gasteiger partial charge in [0.05, 0.1) is 0 Å². The third-order valence-corrected chi connectivity index (χ3v) is 4.27. The van der Waals surface area contributed by atoms with Crippen molar-refractivity contribution in [3.63, 3.8) is 0 Å². The van der Waals surface area contributed by atoms with Gasteiger partial charge in [-0.2, -0.15) is 0 Å². The number of carbonyl (C=O) groups is 2. The van der Waals surface area contributed by atoms with Crippen LogP contribution in [0.3, 0.4) is 0 Å². The molecule has 2 N–H and O–H groups in total. The molecular weight excluding hydrogens is 328 g/mol. The Balaban J connectivity index is 1.50. The molecule has 1 aromatic heterocycles. The number of anilines is 1. The van der Waals surface area contributed by atoms with Crippen LogP contribution in [0.5, 0.6) is 0 Å². The smallest absolute Gasteiger partial charge is 0.306 e. The Kier molecular flexibility index (Phi) is 5.37. The van der Waals surface area contributed by atoms with E-state index in [9.17, 15) is 9.59 Å². The van der Waals surface area contributed by atoms with Gasteiger partial charge in [0.15, 0.2) is 6.10 Å². The summed E-state index contributed by atoms with van der Waals surface area (Å²) < 4.78 is 5.26. The molecular formula is C21H22N2O3. The quantitative estimate of drug-likeness (QED) is 0.661. The summed E-state index contributed by atoms with van der Waals surface area (Å²) >= 11 is 0. The van der Waals surface area contributed by atoms with Crippen LogP contribution in [-0.2, 0) is 20.7 Å². The van der Waals surface area contributed by atoms with Crippen LogP contribution in [0.2, 0.25) is 0 Å². The van der Waals surface area contributed by atoms with Crippen LogP contribution in [-0.4, -0.2) is 23.0 Å². The van der Waals surface area contributed by atoms with Gasteiger partial charge >= 0.3 is 5.97 Å². The molecule has 0 spiro atoms. The normalized spacial score (nSPS) is 11.9. The molecule has 0 aliphatic rings. The van der Waals surface area contributed by atoms with Crippen molar-refractivity contribution in [3.8, 4) is 0 Å². The lowest BCUT2D eigenvalue weighted by atomic mass is 10.1. The number of hydrogen-bond donors (Lipinski definition) is 2.